The number of sulfonamides is 1. The quantitative estimate of drug-likeness (QED) is 0.766. The topological polar surface area (TPSA) is 107 Å². The largest absolute Gasteiger partial charge is 0.381 e. The van der Waals surface area contributed by atoms with E-state index in [1.165, 1.54) is 12.4 Å². The predicted molar refractivity (Wildman–Crippen MR) is 65.2 cm³/mol. The van der Waals surface area contributed by atoms with Crippen molar-refractivity contribution in [2.75, 3.05) is 25.5 Å². The molecule has 1 saturated heterocycles. The van der Waals surface area contributed by atoms with Gasteiger partial charge in [-0.25, -0.2) is 23.1 Å². The SMILES string of the molecule is Nc1ncc(S(=O)(=O)NCCC2CCOC2)cn1. The summed E-state index contributed by atoms with van der Waals surface area (Å²) in [5.41, 5.74) is 5.30. The van der Waals surface area contributed by atoms with Gasteiger partial charge in [-0.2, -0.15) is 0 Å². The molecule has 0 bridgehead atoms. The minimum absolute atomic E-state index is 0.0272. The van der Waals surface area contributed by atoms with E-state index < -0.39 is 10.0 Å². The number of rotatable bonds is 5. The van der Waals surface area contributed by atoms with Crippen LogP contribution in [0.25, 0.3) is 0 Å². The third kappa shape index (κ3) is 3.37. The van der Waals surface area contributed by atoms with Crippen molar-refractivity contribution < 1.29 is 13.2 Å². The first kappa shape index (κ1) is 13.2. The number of nitrogens with one attached hydrogen (secondary N) is 1. The fraction of sp³-hybridized carbons (Fsp3) is 0.600. The zero-order valence-corrected chi connectivity index (χ0v) is 10.7. The Balaban J connectivity index is 1.88. The number of nitrogen functional groups attached to an aromatic ring is 1. The van der Waals surface area contributed by atoms with Gasteiger partial charge in [0.05, 0.1) is 12.4 Å². The highest BCUT2D eigenvalue weighted by atomic mass is 32.2. The highest BCUT2D eigenvalue weighted by molar-refractivity contribution is 7.89. The molecule has 3 N–H and O–H groups in total. The zero-order chi connectivity index (χ0) is 13.0. The molecule has 2 heterocycles. The van der Waals surface area contributed by atoms with E-state index in [0.29, 0.717) is 19.1 Å². The van der Waals surface area contributed by atoms with E-state index in [0.717, 1.165) is 19.4 Å². The van der Waals surface area contributed by atoms with E-state index in [-0.39, 0.29) is 10.8 Å². The van der Waals surface area contributed by atoms with Crippen LogP contribution in [0.15, 0.2) is 17.3 Å². The molecule has 2 rings (SSSR count). The maximum Gasteiger partial charge on any atom is 0.243 e. The molecule has 1 aromatic heterocycles. The average Bonchev–Trinajstić information content (AvgIpc) is 2.82. The van der Waals surface area contributed by atoms with Crippen molar-refractivity contribution in [3.8, 4) is 0 Å². The molecular formula is C10H16N4O3S. The van der Waals surface area contributed by atoms with Crippen LogP contribution in [0.4, 0.5) is 5.95 Å². The highest BCUT2D eigenvalue weighted by Crippen LogP contribution is 2.15. The molecule has 0 aliphatic carbocycles. The Kier molecular flexibility index (Phi) is 4.10. The highest BCUT2D eigenvalue weighted by Gasteiger charge is 2.18. The van der Waals surface area contributed by atoms with E-state index in [9.17, 15) is 8.42 Å². The molecule has 1 atom stereocenters. The number of nitrogens with two attached hydrogens (primary N) is 1. The summed E-state index contributed by atoms with van der Waals surface area (Å²) in [5, 5.41) is 0. The first-order valence-corrected chi connectivity index (χ1v) is 7.21. The fourth-order valence-electron chi connectivity index (χ4n) is 1.76. The standard InChI is InChI=1S/C10H16N4O3S/c11-10-12-5-9(6-13-10)18(15,16)14-3-1-8-2-4-17-7-8/h5-6,8,14H,1-4,7H2,(H2,11,12,13). The molecule has 1 unspecified atom stereocenters. The summed E-state index contributed by atoms with van der Waals surface area (Å²) in [6, 6.07) is 0. The van der Waals surface area contributed by atoms with E-state index in [4.69, 9.17) is 10.5 Å². The minimum atomic E-state index is -3.54. The number of nitrogens with zero attached hydrogens (tertiary/aromatic N) is 2. The van der Waals surface area contributed by atoms with Crippen molar-refractivity contribution in [2.45, 2.75) is 17.7 Å². The predicted octanol–water partition coefficient (Wildman–Crippen LogP) is -0.236. The molecule has 18 heavy (non-hydrogen) atoms. The smallest absolute Gasteiger partial charge is 0.243 e. The van der Waals surface area contributed by atoms with Crippen LogP contribution in [0.2, 0.25) is 0 Å². The maximum atomic E-state index is 11.9. The zero-order valence-electron chi connectivity index (χ0n) is 9.87. The van der Waals surface area contributed by atoms with E-state index in [2.05, 4.69) is 14.7 Å². The molecule has 100 valence electrons. The van der Waals surface area contributed by atoms with Crippen molar-refractivity contribution in [1.82, 2.24) is 14.7 Å². The number of hydrogen-bond acceptors (Lipinski definition) is 6. The van der Waals surface area contributed by atoms with Crippen molar-refractivity contribution in [3.05, 3.63) is 12.4 Å². The lowest BCUT2D eigenvalue weighted by molar-refractivity contribution is 0.184. The third-order valence-corrected chi connectivity index (χ3v) is 4.24. The lowest BCUT2D eigenvalue weighted by Crippen LogP contribution is -2.26. The van der Waals surface area contributed by atoms with Gasteiger partial charge >= 0.3 is 0 Å². The van der Waals surface area contributed by atoms with Crippen LogP contribution in [0.3, 0.4) is 0 Å². The van der Waals surface area contributed by atoms with Crippen LogP contribution < -0.4 is 10.5 Å². The summed E-state index contributed by atoms with van der Waals surface area (Å²) in [7, 11) is -3.54. The molecule has 0 radical (unpaired) electrons. The Morgan fingerprint density at radius 2 is 2.17 bits per heavy atom. The van der Waals surface area contributed by atoms with Crippen molar-refractivity contribution in [2.24, 2.45) is 5.92 Å². The Labute approximate surface area is 106 Å². The van der Waals surface area contributed by atoms with Gasteiger partial charge in [0.1, 0.15) is 4.90 Å². The van der Waals surface area contributed by atoms with Gasteiger partial charge in [0.2, 0.25) is 16.0 Å². The van der Waals surface area contributed by atoms with Gasteiger partial charge in [0.25, 0.3) is 0 Å². The molecule has 1 fully saturated rings. The monoisotopic (exact) mass is 272 g/mol. The van der Waals surface area contributed by atoms with Crippen LogP contribution in [0, 0.1) is 5.92 Å². The summed E-state index contributed by atoms with van der Waals surface area (Å²) in [6.07, 6.45) is 4.16. The Morgan fingerprint density at radius 1 is 1.44 bits per heavy atom. The molecule has 1 aliphatic heterocycles. The van der Waals surface area contributed by atoms with Gasteiger partial charge in [-0.15, -0.1) is 0 Å². The first-order chi connectivity index (χ1) is 8.58. The summed E-state index contributed by atoms with van der Waals surface area (Å²) in [4.78, 5) is 7.34. The Hall–Kier alpha value is -1.25. The summed E-state index contributed by atoms with van der Waals surface area (Å²) in [5.74, 6) is 0.493. The molecule has 0 amide bonds. The normalized spacial score (nSPS) is 20.1. The van der Waals surface area contributed by atoms with Crippen molar-refractivity contribution in [3.63, 3.8) is 0 Å². The average molecular weight is 272 g/mol. The summed E-state index contributed by atoms with van der Waals surface area (Å²) < 4.78 is 31.5. The fourth-order valence-corrected chi connectivity index (χ4v) is 2.69. The van der Waals surface area contributed by atoms with Gasteiger partial charge in [0, 0.05) is 19.8 Å². The van der Waals surface area contributed by atoms with Crippen LogP contribution in [-0.2, 0) is 14.8 Å². The lowest BCUT2D eigenvalue weighted by Gasteiger charge is -2.09. The molecule has 0 spiro atoms. The van der Waals surface area contributed by atoms with Crippen LogP contribution in [-0.4, -0.2) is 38.1 Å². The van der Waals surface area contributed by atoms with Gasteiger partial charge in [-0.05, 0) is 18.8 Å². The third-order valence-electron chi connectivity index (χ3n) is 2.83. The molecule has 1 aromatic rings. The molecule has 7 nitrogen and oxygen atoms in total. The van der Waals surface area contributed by atoms with Gasteiger partial charge in [0.15, 0.2) is 0 Å². The van der Waals surface area contributed by atoms with Crippen LogP contribution >= 0.6 is 0 Å². The number of ether oxygens (including phenoxy) is 1. The molecule has 0 saturated carbocycles. The van der Waals surface area contributed by atoms with Crippen LogP contribution in [0.1, 0.15) is 12.8 Å². The van der Waals surface area contributed by atoms with Gasteiger partial charge < -0.3 is 10.5 Å². The molecule has 0 aromatic carbocycles. The second-order valence-electron chi connectivity index (χ2n) is 4.19. The van der Waals surface area contributed by atoms with Crippen molar-refractivity contribution in [1.29, 1.82) is 0 Å². The number of anilines is 1. The molecule has 8 heteroatoms. The summed E-state index contributed by atoms with van der Waals surface area (Å²) >= 11 is 0. The second-order valence-corrected chi connectivity index (χ2v) is 5.96. The van der Waals surface area contributed by atoms with Crippen LogP contribution in [0.5, 0.6) is 0 Å². The van der Waals surface area contributed by atoms with E-state index in [1.807, 2.05) is 0 Å². The number of hydrogen-bond donors (Lipinski definition) is 2. The van der Waals surface area contributed by atoms with Gasteiger partial charge in [-0.1, -0.05) is 0 Å². The maximum absolute atomic E-state index is 11.9. The number of aromatic nitrogens is 2. The summed E-state index contributed by atoms with van der Waals surface area (Å²) in [6.45, 7) is 1.87. The Morgan fingerprint density at radius 3 is 2.78 bits per heavy atom. The van der Waals surface area contributed by atoms with Crippen molar-refractivity contribution >= 4 is 16.0 Å². The molecular weight excluding hydrogens is 256 g/mol. The van der Waals surface area contributed by atoms with E-state index in [1.54, 1.807) is 0 Å². The second kappa shape index (κ2) is 5.59. The van der Waals surface area contributed by atoms with Gasteiger partial charge in [-0.3, -0.25) is 0 Å². The Bertz CT molecular complexity index is 482. The lowest BCUT2D eigenvalue weighted by atomic mass is 10.1. The minimum Gasteiger partial charge on any atom is -0.381 e. The molecule has 1 aliphatic rings. The first-order valence-electron chi connectivity index (χ1n) is 5.73. The van der Waals surface area contributed by atoms with E-state index >= 15 is 0 Å².